The minimum Gasteiger partial charge on any atom is -0.462 e. The van der Waals surface area contributed by atoms with Gasteiger partial charge in [-0.05, 0) is 135 Å². The fourth-order valence-electron chi connectivity index (χ4n) is 6.40. The number of allylic oxidation sites excluding steroid dienone is 28. The van der Waals surface area contributed by atoms with Crippen LogP contribution in [0.4, 0.5) is 0 Å². The van der Waals surface area contributed by atoms with E-state index >= 15 is 0 Å². The van der Waals surface area contributed by atoms with Crippen molar-refractivity contribution in [3.8, 4) is 0 Å². The molecule has 0 aromatic carbocycles. The number of unbranched alkanes of at least 4 members (excludes halogenated alkanes) is 7. The van der Waals surface area contributed by atoms with E-state index in [2.05, 4.69) is 185 Å². The van der Waals surface area contributed by atoms with E-state index in [1.54, 1.807) is 0 Å². The molecule has 0 saturated heterocycles. The fraction of sp³-hybridized carbons (Fsp3) is 0.524. The highest BCUT2D eigenvalue weighted by Gasteiger charge is 2.17. The summed E-state index contributed by atoms with van der Waals surface area (Å²) < 4.78 is 17.3. The van der Waals surface area contributed by atoms with E-state index in [4.69, 9.17) is 14.2 Å². The normalized spacial score (nSPS) is 13.6. The number of esters is 2. The molecule has 5 heteroatoms. The lowest BCUT2D eigenvalue weighted by Crippen LogP contribution is -2.30. The smallest absolute Gasteiger partial charge is 0.306 e. The van der Waals surface area contributed by atoms with Gasteiger partial charge in [-0.1, -0.05) is 210 Å². The molecule has 0 amide bonds. The SMILES string of the molecule is CC/C=C\C/C=C\C/C=C\C/C=C\C/C=C\C/C=C\CCC(=O)OCC(COCCCCCC/C=C\C/C=C\C/C=C\C/C=C\C/C=C\CC)OC(=O)CCCCC/C=C\C/C=C\C/C=C\CC. The molecule has 0 aromatic heterocycles. The number of ether oxygens (including phenoxy) is 3. The van der Waals surface area contributed by atoms with Crippen LogP contribution in [-0.4, -0.2) is 37.9 Å². The first-order valence-corrected chi connectivity index (χ1v) is 26.7. The van der Waals surface area contributed by atoms with Gasteiger partial charge in [-0.2, -0.15) is 0 Å². The van der Waals surface area contributed by atoms with Crippen molar-refractivity contribution in [1.29, 1.82) is 0 Å². The molecular weight excluding hydrogens is 837 g/mol. The predicted molar refractivity (Wildman–Crippen MR) is 297 cm³/mol. The number of carbonyl (C=O) groups excluding carboxylic acids is 2. The van der Waals surface area contributed by atoms with Gasteiger partial charge in [-0.25, -0.2) is 0 Å². The number of hydrogen-bond donors (Lipinski definition) is 0. The van der Waals surface area contributed by atoms with Crippen LogP contribution in [0.1, 0.15) is 188 Å². The van der Waals surface area contributed by atoms with Crippen molar-refractivity contribution in [2.24, 2.45) is 0 Å². The average Bonchev–Trinajstić information content (AvgIpc) is 3.34. The summed E-state index contributed by atoms with van der Waals surface area (Å²) >= 11 is 0. The highest BCUT2D eigenvalue weighted by Crippen LogP contribution is 2.10. The molecule has 0 fully saturated rings. The highest BCUT2D eigenvalue weighted by molar-refractivity contribution is 5.70. The Morgan fingerprint density at radius 1 is 0.324 bits per heavy atom. The summed E-state index contributed by atoms with van der Waals surface area (Å²) in [7, 11) is 0. The Balaban J connectivity index is 4.51. The van der Waals surface area contributed by atoms with Gasteiger partial charge >= 0.3 is 11.9 Å². The van der Waals surface area contributed by atoms with Crippen LogP contribution < -0.4 is 0 Å². The molecule has 0 aliphatic heterocycles. The first-order chi connectivity index (χ1) is 33.6. The van der Waals surface area contributed by atoms with Gasteiger partial charge in [0.25, 0.3) is 0 Å². The fourth-order valence-corrected chi connectivity index (χ4v) is 6.40. The molecule has 378 valence electrons. The second-order valence-electron chi connectivity index (χ2n) is 16.6. The molecule has 0 bridgehead atoms. The third-order valence-electron chi connectivity index (χ3n) is 10.2. The van der Waals surface area contributed by atoms with Crippen molar-refractivity contribution < 1.29 is 23.8 Å². The van der Waals surface area contributed by atoms with E-state index < -0.39 is 6.10 Å². The zero-order valence-corrected chi connectivity index (χ0v) is 43.3. The minimum absolute atomic E-state index is 0.00963. The topological polar surface area (TPSA) is 61.8 Å². The molecule has 68 heavy (non-hydrogen) atoms. The second-order valence-corrected chi connectivity index (χ2v) is 16.6. The van der Waals surface area contributed by atoms with E-state index in [1.165, 1.54) is 0 Å². The minimum atomic E-state index is -0.610. The van der Waals surface area contributed by atoms with Crippen LogP contribution in [0.5, 0.6) is 0 Å². The van der Waals surface area contributed by atoms with Crippen LogP contribution in [0.25, 0.3) is 0 Å². The Hall–Kier alpha value is -4.74. The molecule has 0 radical (unpaired) electrons. The molecule has 0 aliphatic carbocycles. The van der Waals surface area contributed by atoms with Gasteiger partial charge in [0.05, 0.1) is 6.61 Å². The molecule has 0 spiro atoms. The first-order valence-electron chi connectivity index (χ1n) is 26.7. The number of carbonyl (C=O) groups is 2. The predicted octanol–water partition coefficient (Wildman–Crippen LogP) is 18.4. The van der Waals surface area contributed by atoms with Crippen LogP contribution in [-0.2, 0) is 23.8 Å². The van der Waals surface area contributed by atoms with Gasteiger partial charge in [0.15, 0.2) is 6.10 Å². The Morgan fingerprint density at radius 3 is 1.03 bits per heavy atom. The maximum Gasteiger partial charge on any atom is 0.306 e. The third-order valence-corrected chi connectivity index (χ3v) is 10.2. The Kier molecular flexibility index (Phi) is 52.6. The molecule has 1 unspecified atom stereocenters. The Labute approximate surface area is 417 Å². The molecule has 1 atom stereocenters. The molecular formula is C63H96O5. The molecule has 0 N–H and O–H groups in total. The first kappa shape index (κ1) is 63.3. The summed E-state index contributed by atoms with van der Waals surface area (Å²) in [5, 5.41) is 0. The monoisotopic (exact) mass is 933 g/mol. The van der Waals surface area contributed by atoms with Gasteiger partial charge in [0.1, 0.15) is 6.61 Å². The lowest BCUT2D eigenvalue weighted by Gasteiger charge is -2.18. The van der Waals surface area contributed by atoms with Gasteiger partial charge in [0, 0.05) is 19.4 Å². The zero-order chi connectivity index (χ0) is 49.2. The third kappa shape index (κ3) is 53.9. The van der Waals surface area contributed by atoms with Gasteiger partial charge < -0.3 is 14.2 Å². The van der Waals surface area contributed by atoms with E-state index in [-0.39, 0.29) is 31.6 Å². The van der Waals surface area contributed by atoms with Crippen LogP contribution >= 0.6 is 0 Å². The van der Waals surface area contributed by atoms with Crippen LogP contribution in [0.2, 0.25) is 0 Å². The Bertz CT molecular complexity index is 1570. The summed E-state index contributed by atoms with van der Waals surface area (Å²) in [6.45, 7) is 7.28. The number of hydrogen-bond acceptors (Lipinski definition) is 5. The summed E-state index contributed by atoms with van der Waals surface area (Å²) in [6, 6.07) is 0. The summed E-state index contributed by atoms with van der Waals surface area (Å²) in [4.78, 5) is 25.4. The van der Waals surface area contributed by atoms with Gasteiger partial charge in [-0.3, -0.25) is 9.59 Å². The van der Waals surface area contributed by atoms with Crippen molar-refractivity contribution in [2.75, 3.05) is 19.8 Å². The summed E-state index contributed by atoms with van der Waals surface area (Å²) in [6.07, 6.45) is 85.3. The molecule has 0 heterocycles. The molecule has 0 aromatic rings. The van der Waals surface area contributed by atoms with E-state index in [0.717, 1.165) is 148 Å². The second kappa shape index (κ2) is 56.6. The maximum atomic E-state index is 12.8. The van der Waals surface area contributed by atoms with Crippen LogP contribution in [0.3, 0.4) is 0 Å². The Morgan fingerprint density at radius 2 is 0.647 bits per heavy atom. The van der Waals surface area contributed by atoms with E-state index in [1.807, 2.05) is 6.08 Å². The van der Waals surface area contributed by atoms with Crippen molar-refractivity contribution in [3.05, 3.63) is 170 Å². The zero-order valence-electron chi connectivity index (χ0n) is 43.3. The van der Waals surface area contributed by atoms with Crippen molar-refractivity contribution >= 4 is 11.9 Å². The molecule has 0 rings (SSSR count). The summed E-state index contributed by atoms with van der Waals surface area (Å²) in [5.41, 5.74) is 0. The lowest BCUT2D eigenvalue weighted by molar-refractivity contribution is -0.162. The van der Waals surface area contributed by atoms with Crippen molar-refractivity contribution in [2.45, 2.75) is 194 Å². The maximum absolute atomic E-state index is 12.8. The average molecular weight is 933 g/mol. The largest absolute Gasteiger partial charge is 0.462 e. The van der Waals surface area contributed by atoms with E-state index in [9.17, 15) is 9.59 Å². The molecule has 0 saturated carbocycles. The molecule has 5 nitrogen and oxygen atoms in total. The van der Waals surface area contributed by atoms with Crippen molar-refractivity contribution in [3.63, 3.8) is 0 Å². The lowest BCUT2D eigenvalue weighted by atomic mass is 10.1. The quantitative estimate of drug-likeness (QED) is 0.0346. The summed E-state index contributed by atoms with van der Waals surface area (Å²) in [5.74, 6) is -0.560. The standard InChI is InChI=1S/C63H96O5/c1-4-7-10-13-16-19-22-25-27-29-31-33-35-37-40-43-46-49-52-55-58-66-59-61(68-63(65)57-54-51-48-45-42-38-24-21-18-15-12-9-6-3)60-67-62(64)56-53-50-47-44-41-39-36-34-32-30-28-26-23-20-17-14-11-8-5-2/h7-12,16-21,25-28,31-34,37-42,47,50,61H,4-6,13-15,22-24,29-30,35-36,43-46,48-49,51-60H2,1-3H3/b10-7-,11-8-,12-9-,19-16-,20-17-,21-18-,27-25-,28-26-,33-31-,34-32-,40-37-,41-39-,42-38-,50-47-. The van der Waals surface area contributed by atoms with Crippen LogP contribution in [0, 0.1) is 0 Å². The van der Waals surface area contributed by atoms with Crippen LogP contribution in [0.15, 0.2) is 170 Å². The van der Waals surface area contributed by atoms with Gasteiger partial charge in [-0.15, -0.1) is 0 Å². The van der Waals surface area contributed by atoms with Gasteiger partial charge in [0.2, 0.25) is 0 Å². The van der Waals surface area contributed by atoms with E-state index in [0.29, 0.717) is 19.4 Å². The molecule has 0 aliphatic rings. The van der Waals surface area contributed by atoms with Crippen molar-refractivity contribution in [1.82, 2.24) is 0 Å². The highest BCUT2D eigenvalue weighted by atomic mass is 16.6. The number of rotatable bonds is 46.